The molecule has 1 rings (SSSR count). The number of nitrogens with zero attached hydrogens (tertiary/aromatic N) is 1. The minimum Gasteiger partial charge on any atom is -0.387 e. The first-order valence-electron chi connectivity index (χ1n) is 3.74. The van der Waals surface area contributed by atoms with Crippen molar-refractivity contribution in [3.05, 3.63) is 39.7 Å². The van der Waals surface area contributed by atoms with E-state index in [4.69, 9.17) is 11.6 Å². The predicted molar refractivity (Wildman–Crippen MR) is 48.7 cm³/mol. The van der Waals surface area contributed by atoms with Gasteiger partial charge in [0.1, 0.15) is 5.82 Å². The molecule has 1 N–H and O–H groups in total. The average Bonchev–Trinajstić information content (AvgIpc) is 2.16. The summed E-state index contributed by atoms with van der Waals surface area (Å²) < 4.78 is 12.7. The highest BCUT2D eigenvalue weighted by Crippen LogP contribution is 2.26. The highest BCUT2D eigenvalue weighted by atomic mass is 35.5. The van der Waals surface area contributed by atoms with Crippen molar-refractivity contribution in [2.75, 3.05) is 5.88 Å². The molecule has 1 aromatic carbocycles. The number of benzene rings is 1. The molecule has 1 aromatic rings. The van der Waals surface area contributed by atoms with Crippen LogP contribution < -0.4 is 0 Å². The number of alkyl halides is 1. The highest BCUT2D eigenvalue weighted by molar-refractivity contribution is 6.18. The van der Waals surface area contributed by atoms with Gasteiger partial charge in [-0.05, 0) is 12.1 Å². The fourth-order valence-electron chi connectivity index (χ4n) is 1.04. The second-order valence-electron chi connectivity index (χ2n) is 2.63. The van der Waals surface area contributed by atoms with Crippen LogP contribution in [0.15, 0.2) is 18.2 Å². The monoisotopic (exact) mass is 219 g/mol. The molecule has 0 bridgehead atoms. The third-order valence-electron chi connectivity index (χ3n) is 1.69. The van der Waals surface area contributed by atoms with Crippen molar-refractivity contribution in [3.8, 4) is 0 Å². The number of aliphatic hydroxyl groups is 1. The Labute approximate surface area is 84.1 Å². The number of hydrogen-bond acceptors (Lipinski definition) is 3. The zero-order chi connectivity index (χ0) is 10.7. The van der Waals surface area contributed by atoms with Gasteiger partial charge in [0.2, 0.25) is 0 Å². The van der Waals surface area contributed by atoms with E-state index >= 15 is 0 Å². The molecule has 1 unspecified atom stereocenters. The summed E-state index contributed by atoms with van der Waals surface area (Å²) in [5, 5.41) is 19.8. The summed E-state index contributed by atoms with van der Waals surface area (Å²) in [5.74, 6) is -0.862. The minimum absolute atomic E-state index is 0.106. The number of nitro groups is 1. The van der Waals surface area contributed by atoms with E-state index in [0.717, 1.165) is 18.2 Å². The third-order valence-corrected chi connectivity index (χ3v) is 1.98. The molecule has 76 valence electrons. The number of aliphatic hydroxyl groups excluding tert-OH is 1. The summed E-state index contributed by atoms with van der Waals surface area (Å²) >= 11 is 5.32. The van der Waals surface area contributed by atoms with Crippen LogP contribution in [0.1, 0.15) is 11.7 Å². The Bertz CT molecular complexity index is 358. The normalized spacial score (nSPS) is 12.5. The van der Waals surface area contributed by atoms with Gasteiger partial charge in [0.15, 0.2) is 0 Å². The van der Waals surface area contributed by atoms with Crippen LogP contribution in [0.5, 0.6) is 0 Å². The molecule has 0 fully saturated rings. The van der Waals surface area contributed by atoms with E-state index in [1.807, 2.05) is 0 Å². The van der Waals surface area contributed by atoms with Crippen molar-refractivity contribution >= 4 is 17.3 Å². The van der Waals surface area contributed by atoms with Crippen molar-refractivity contribution in [2.24, 2.45) is 0 Å². The van der Waals surface area contributed by atoms with Crippen molar-refractivity contribution in [1.82, 2.24) is 0 Å². The van der Waals surface area contributed by atoms with Gasteiger partial charge in [-0.15, -0.1) is 11.6 Å². The van der Waals surface area contributed by atoms with Crippen molar-refractivity contribution < 1.29 is 14.4 Å². The zero-order valence-electron chi connectivity index (χ0n) is 6.98. The van der Waals surface area contributed by atoms with Gasteiger partial charge in [-0.1, -0.05) is 0 Å². The Kier molecular flexibility index (Phi) is 3.38. The number of rotatable bonds is 3. The van der Waals surface area contributed by atoms with Crippen LogP contribution in [-0.2, 0) is 0 Å². The molecule has 0 saturated heterocycles. The van der Waals surface area contributed by atoms with Gasteiger partial charge < -0.3 is 5.11 Å². The first-order valence-corrected chi connectivity index (χ1v) is 4.27. The SMILES string of the molecule is O=[N+]([O-])c1ccc(F)cc1C(O)CCl. The smallest absolute Gasteiger partial charge is 0.275 e. The number of nitro benzene ring substituents is 1. The van der Waals surface area contributed by atoms with Crippen LogP contribution in [0.4, 0.5) is 10.1 Å². The molecule has 4 nitrogen and oxygen atoms in total. The molecular weight excluding hydrogens is 213 g/mol. The Morgan fingerprint density at radius 2 is 2.29 bits per heavy atom. The molecule has 0 aliphatic carbocycles. The fourth-order valence-corrected chi connectivity index (χ4v) is 1.21. The standard InChI is InChI=1S/C8H7ClFNO3/c9-4-8(12)6-3-5(10)1-2-7(6)11(13)14/h1-3,8,12H,4H2. The van der Waals surface area contributed by atoms with E-state index in [1.165, 1.54) is 0 Å². The van der Waals surface area contributed by atoms with Crippen molar-refractivity contribution in [1.29, 1.82) is 0 Å². The summed E-state index contributed by atoms with van der Waals surface area (Å²) in [5.41, 5.74) is -0.440. The molecule has 1 atom stereocenters. The molecule has 0 aromatic heterocycles. The predicted octanol–water partition coefficient (Wildman–Crippen LogP) is 2.01. The third kappa shape index (κ3) is 2.18. The van der Waals surface area contributed by atoms with E-state index < -0.39 is 16.8 Å². The Balaban J connectivity index is 3.22. The lowest BCUT2D eigenvalue weighted by Gasteiger charge is -2.07. The lowest BCUT2D eigenvalue weighted by Crippen LogP contribution is -2.04. The number of halogens is 2. The van der Waals surface area contributed by atoms with E-state index in [0.29, 0.717) is 0 Å². The molecule has 0 spiro atoms. The second kappa shape index (κ2) is 4.34. The molecule has 0 aliphatic rings. The highest BCUT2D eigenvalue weighted by Gasteiger charge is 2.20. The fraction of sp³-hybridized carbons (Fsp3) is 0.250. The van der Waals surface area contributed by atoms with Crippen molar-refractivity contribution in [3.63, 3.8) is 0 Å². The lowest BCUT2D eigenvalue weighted by molar-refractivity contribution is -0.386. The molecular formula is C8H7ClFNO3. The first kappa shape index (κ1) is 10.9. The summed E-state index contributed by atoms with van der Waals surface area (Å²) in [6.07, 6.45) is -1.23. The van der Waals surface area contributed by atoms with E-state index in [-0.39, 0.29) is 17.1 Å². The molecule has 14 heavy (non-hydrogen) atoms. The van der Waals surface area contributed by atoms with E-state index in [9.17, 15) is 19.6 Å². The van der Waals surface area contributed by atoms with Gasteiger partial charge in [0, 0.05) is 6.07 Å². The van der Waals surface area contributed by atoms with Crippen LogP contribution >= 0.6 is 11.6 Å². The van der Waals surface area contributed by atoms with Gasteiger partial charge in [-0.3, -0.25) is 10.1 Å². The number of hydrogen-bond donors (Lipinski definition) is 1. The van der Waals surface area contributed by atoms with Crippen LogP contribution in [-0.4, -0.2) is 15.9 Å². The summed E-state index contributed by atoms with van der Waals surface area (Å²) in [6.45, 7) is 0. The Morgan fingerprint density at radius 1 is 1.64 bits per heavy atom. The van der Waals surface area contributed by atoms with Crippen LogP contribution in [0.3, 0.4) is 0 Å². The Hall–Kier alpha value is -1.20. The summed E-state index contributed by atoms with van der Waals surface area (Å²) in [7, 11) is 0. The van der Waals surface area contributed by atoms with E-state index in [1.54, 1.807) is 0 Å². The lowest BCUT2D eigenvalue weighted by atomic mass is 10.1. The largest absolute Gasteiger partial charge is 0.387 e. The summed E-state index contributed by atoms with van der Waals surface area (Å²) in [4.78, 5) is 9.79. The maximum absolute atomic E-state index is 12.7. The van der Waals surface area contributed by atoms with Crippen LogP contribution in [0, 0.1) is 15.9 Å². The van der Waals surface area contributed by atoms with Gasteiger partial charge in [-0.25, -0.2) is 4.39 Å². The zero-order valence-corrected chi connectivity index (χ0v) is 7.74. The first-order chi connectivity index (χ1) is 6.56. The molecule has 0 aliphatic heterocycles. The van der Waals surface area contributed by atoms with Gasteiger partial charge in [0.05, 0.1) is 22.5 Å². The van der Waals surface area contributed by atoms with Gasteiger partial charge >= 0.3 is 0 Å². The maximum Gasteiger partial charge on any atom is 0.275 e. The molecule has 0 radical (unpaired) electrons. The molecule has 0 amide bonds. The Morgan fingerprint density at radius 3 is 2.79 bits per heavy atom. The van der Waals surface area contributed by atoms with Gasteiger partial charge in [0.25, 0.3) is 5.69 Å². The van der Waals surface area contributed by atoms with Crippen LogP contribution in [0.2, 0.25) is 0 Å². The van der Waals surface area contributed by atoms with Crippen molar-refractivity contribution in [2.45, 2.75) is 6.10 Å². The summed E-state index contributed by atoms with van der Waals surface area (Å²) in [6, 6.07) is 2.87. The maximum atomic E-state index is 12.7. The molecule has 0 heterocycles. The quantitative estimate of drug-likeness (QED) is 0.481. The molecule has 6 heteroatoms. The minimum atomic E-state index is -1.23. The molecule has 0 saturated carbocycles. The second-order valence-corrected chi connectivity index (χ2v) is 2.94. The topological polar surface area (TPSA) is 63.4 Å². The van der Waals surface area contributed by atoms with Crippen LogP contribution in [0.25, 0.3) is 0 Å². The van der Waals surface area contributed by atoms with E-state index in [2.05, 4.69) is 0 Å². The van der Waals surface area contributed by atoms with Gasteiger partial charge in [-0.2, -0.15) is 0 Å². The average molecular weight is 220 g/mol.